The van der Waals surface area contributed by atoms with E-state index in [1.165, 1.54) is 0 Å². The number of carbonyl (C=O) groups is 1. The number of pyridine rings is 1. The van der Waals surface area contributed by atoms with Gasteiger partial charge in [-0.05, 0) is 49.5 Å². The van der Waals surface area contributed by atoms with Crippen LogP contribution in [0, 0.1) is 0 Å². The Morgan fingerprint density at radius 1 is 1.30 bits per heavy atom. The second-order valence-electron chi connectivity index (χ2n) is 5.99. The molecule has 1 unspecified atom stereocenters. The molecule has 5 heteroatoms. The molecule has 0 bridgehead atoms. The average molecular weight is 312 g/mol. The van der Waals surface area contributed by atoms with E-state index in [2.05, 4.69) is 9.88 Å². The van der Waals surface area contributed by atoms with Crippen LogP contribution in [-0.2, 0) is 4.79 Å². The van der Waals surface area contributed by atoms with Gasteiger partial charge in [0.2, 0.25) is 0 Å². The van der Waals surface area contributed by atoms with E-state index in [0.29, 0.717) is 6.61 Å². The van der Waals surface area contributed by atoms with Crippen LogP contribution in [0.15, 0.2) is 36.5 Å². The van der Waals surface area contributed by atoms with Gasteiger partial charge in [0.25, 0.3) is 0 Å². The third-order valence-electron chi connectivity index (χ3n) is 4.05. The number of fused-ring (bicyclic) bond motifs is 3. The molecule has 1 aliphatic rings. The van der Waals surface area contributed by atoms with Crippen molar-refractivity contribution >= 4 is 5.97 Å². The largest absolute Gasteiger partial charge is 0.492 e. The summed E-state index contributed by atoms with van der Waals surface area (Å²) < 4.78 is 5.78. The van der Waals surface area contributed by atoms with Gasteiger partial charge in [-0.3, -0.25) is 9.78 Å². The molecule has 0 saturated heterocycles. The Kier molecular flexibility index (Phi) is 4.30. The molecule has 0 fully saturated rings. The van der Waals surface area contributed by atoms with Crippen molar-refractivity contribution in [3.8, 4) is 17.0 Å². The third kappa shape index (κ3) is 3.19. The van der Waals surface area contributed by atoms with E-state index in [1.54, 1.807) is 6.20 Å². The average Bonchev–Trinajstić information content (AvgIpc) is 2.81. The summed E-state index contributed by atoms with van der Waals surface area (Å²) in [5.74, 6) is -0.200. The highest BCUT2D eigenvalue weighted by molar-refractivity contribution is 5.80. The Hall–Kier alpha value is -2.40. The van der Waals surface area contributed by atoms with Gasteiger partial charge < -0.3 is 14.7 Å². The smallest absolute Gasteiger partial charge is 0.304 e. The number of rotatable bonds is 6. The molecule has 0 radical (unpaired) electrons. The Morgan fingerprint density at radius 3 is 2.87 bits per heavy atom. The molecule has 1 aliphatic carbocycles. The van der Waals surface area contributed by atoms with Gasteiger partial charge in [-0.2, -0.15) is 0 Å². The van der Waals surface area contributed by atoms with Gasteiger partial charge in [0, 0.05) is 24.2 Å². The highest BCUT2D eigenvalue weighted by atomic mass is 16.5. The normalized spacial score (nSPS) is 15.3. The second-order valence-corrected chi connectivity index (χ2v) is 5.99. The van der Waals surface area contributed by atoms with E-state index >= 15 is 0 Å². The molecule has 1 atom stereocenters. The van der Waals surface area contributed by atoms with Crippen molar-refractivity contribution < 1.29 is 14.6 Å². The summed E-state index contributed by atoms with van der Waals surface area (Å²) in [6, 6.07) is 9.68. The highest BCUT2D eigenvalue weighted by Gasteiger charge is 2.31. The number of likely N-dealkylation sites (N-methyl/N-ethyl adjacent to an activating group) is 1. The van der Waals surface area contributed by atoms with Crippen LogP contribution < -0.4 is 4.74 Å². The Balaban J connectivity index is 1.91. The van der Waals surface area contributed by atoms with E-state index in [1.807, 2.05) is 44.4 Å². The summed E-state index contributed by atoms with van der Waals surface area (Å²) in [7, 11) is 3.99. The van der Waals surface area contributed by atoms with Crippen LogP contribution in [0.2, 0.25) is 0 Å². The molecule has 23 heavy (non-hydrogen) atoms. The fraction of sp³-hybridized carbons (Fsp3) is 0.333. The van der Waals surface area contributed by atoms with Crippen LogP contribution in [0.5, 0.6) is 5.75 Å². The van der Waals surface area contributed by atoms with Crippen LogP contribution >= 0.6 is 0 Å². The van der Waals surface area contributed by atoms with E-state index in [0.717, 1.165) is 34.7 Å². The van der Waals surface area contributed by atoms with Crippen molar-refractivity contribution in [2.75, 3.05) is 27.2 Å². The summed E-state index contributed by atoms with van der Waals surface area (Å²) in [5, 5.41) is 9.24. The summed E-state index contributed by atoms with van der Waals surface area (Å²) in [6.45, 7) is 1.43. The predicted molar refractivity (Wildman–Crippen MR) is 87.8 cm³/mol. The molecule has 5 nitrogen and oxygen atoms in total. The van der Waals surface area contributed by atoms with Gasteiger partial charge in [-0.1, -0.05) is 6.07 Å². The van der Waals surface area contributed by atoms with Crippen LogP contribution in [0.1, 0.15) is 23.5 Å². The molecule has 3 rings (SSSR count). The molecular weight excluding hydrogens is 292 g/mol. The lowest BCUT2D eigenvalue weighted by atomic mass is 9.94. The fourth-order valence-electron chi connectivity index (χ4n) is 2.97. The maximum atomic E-state index is 11.2. The lowest BCUT2D eigenvalue weighted by molar-refractivity contribution is -0.137. The first kappa shape index (κ1) is 15.5. The van der Waals surface area contributed by atoms with Crippen molar-refractivity contribution in [1.29, 1.82) is 0 Å². The van der Waals surface area contributed by atoms with Crippen LogP contribution in [0.4, 0.5) is 0 Å². The monoisotopic (exact) mass is 312 g/mol. The second kappa shape index (κ2) is 6.38. The minimum absolute atomic E-state index is 0.0623. The third-order valence-corrected chi connectivity index (χ3v) is 4.05. The minimum atomic E-state index is -0.809. The summed E-state index contributed by atoms with van der Waals surface area (Å²) in [5.41, 5.74) is 3.86. The molecule has 2 aromatic rings. The highest BCUT2D eigenvalue weighted by Crippen LogP contribution is 2.46. The number of aromatic nitrogens is 1. The van der Waals surface area contributed by atoms with Crippen molar-refractivity contribution in [1.82, 2.24) is 9.88 Å². The molecule has 0 amide bonds. The predicted octanol–water partition coefficient (Wildman–Crippen LogP) is 2.61. The zero-order valence-electron chi connectivity index (χ0n) is 13.3. The van der Waals surface area contributed by atoms with E-state index < -0.39 is 5.97 Å². The van der Waals surface area contributed by atoms with E-state index in [4.69, 9.17) is 4.74 Å². The number of carboxylic acid groups (broad SMARTS) is 1. The molecule has 120 valence electrons. The lowest BCUT2D eigenvalue weighted by Gasteiger charge is -2.14. The molecule has 0 spiro atoms. The molecule has 1 N–H and O–H groups in total. The topological polar surface area (TPSA) is 62.7 Å². The first-order valence-electron chi connectivity index (χ1n) is 7.65. The van der Waals surface area contributed by atoms with E-state index in [9.17, 15) is 9.90 Å². The Labute approximate surface area is 135 Å². The molecule has 1 aromatic carbocycles. The number of hydrogen-bond donors (Lipinski definition) is 1. The number of nitrogens with zero attached hydrogens (tertiary/aromatic N) is 2. The number of carboxylic acids is 1. The molecule has 1 aromatic heterocycles. The van der Waals surface area contributed by atoms with Crippen LogP contribution in [0.3, 0.4) is 0 Å². The lowest BCUT2D eigenvalue weighted by Crippen LogP contribution is -2.19. The summed E-state index contributed by atoms with van der Waals surface area (Å²) in [6.07, 6.45) is 1.81. The zero-order chi connectivity index (χ0) is 16.4. The quantitative estimate of drug-likeness (QED) is 0.888. The van der Waals surface area contributed by atoms with Crippen molar-refractivity contribution in [2.24, 2.45) is 0 Å². The van der Waals surface area contributed by atoms with Crippen LogP contribution in [-0.4, -0.2) is 48.2 Å². The maximum Gasteiger partial charge on any atom is 0.304 e. The summed E-state index contributed by atoms with van der Waals surface area (Å²) in [4.78, 5) is 17.7. The fourth-order valence-corrected chi connectivity index (χ4v) is 2.97. The van der Waals surface area contributed by atoms with Crippen molar-refractivity contribution in [3.05, 3.63) is 47.7 Å². The van der Waals surface area contributed by atoms with Gasteiger partial charge in [0.1, 0.15) is 12.4 Å². The van der Waals surface area contributed by atoms with E-state index in [-0.39, 0.29) is 12.3 Å². The number of aliphatic carboxylic acids is 1. The zero-order valence-corrected chi connectivity index (χ0v) is 13.3. The SMILES string of the molecule is CN(C)CCOc1ccc2c(c1)C(CC(=O)O)c1cccnc1-2. The van der Waals surface area contributed by atoms with Crippen molar-refractivity contribution in [3.63, 3.8) is 0 Å². The van der Waals surface area contributed by atoms with Crippen LogP contribution in [0.25, 0.3) is 11.3 Å². The first-order valence-corrected chi connectivity index (χ1v) is 7.65. The summed E-state index contributed by atoms with van der Waals surface area (Å²) >= 11 is 0. The maximum absolute atomic E-state index is 11.2. The van der Waals surface area contributed by atoms with Gasteiger partial charge >= 0.3 is 5.97 Å². The molecule has 1 heterocycles. The first-order chi connectivity index (χ1) is 11.1. The molecular formula is C18H20N2O3. The van der Waals surface area contributed by atoms with Gasteiger partial charge in [0.15, 0.2) is 0 Å². The van der Waals surface area contributed by atoms with Crippen molar-refractivity contribution in [2.45, 2.75) is 12.3 Å². The Bertz CT molecular complexity index is 728. The number of benzene rings is 1. The Morgan fingerprint density at radius 2 is 2.13 bits per heavy atom. The van der Waals surface area contributed by atoms with Gasteiger partial charge in [0.05, 0.1) is 12.1 Å². The standard InChI is InChI=1S/C18H20N2O3/c1-20(2)8-9-23-12-5-6-14-15(10-12)16(11-17(21)22)13-4-3-7-19-18(13)14/h3-7,10,16H,8-9,11H2,1-2H3,(H,21,22). The molecule has 0 saturated carbocycles. The van der Waals surface area contributed by atoms with Gasteiger partial charge in [-0.15, -0.1) is 0 Å². The number of hydrogen-bond acceptors (Lipinski definition) is 4. The number of ether oxygens (including phenoxy) is 1. The van der Waals surface area contributed by atoms with Gasteiger partial charge in [-0.25, -0.2) is 0 Å². The minimum Gasteiger partial charge on any atom is -0.492 e. The molecule has 0 aliphatic heterocycles.